The molecule has 2 unspecified atom stereocenters. The predicted octanol–water partition coefficient (Wildman–Crippen LogP) is 2.81. The molecule has 1 aromatic carbocycles. The summed E-state index contributed by atoms with van der Waals surface area (Å²) in [6, 6.07) is 7.00. The fraction of sp³-hybridized carbons (Fsp3) is 0.429. The van der Waals surface area contributed by atoms with Crippen LogP contribution in [0.1, 0.15) is 38.2 Å². The van der Waals surface area contributed by atoms with E-state index in [-0.39, 0.29) is 24.3 Å². The molecular formula is C14H18ClNO3. The van der Waals surface area contributed by atoms with Crippen LogP contribution in [-0.2, 0) is 9.59 Å². The summed E-state index contributed by atoms with van der Waals surface area (Å²) >= 11 is 5.89. The molecule has 0 heterocycles. The maximum Gasteiger partial charge on any atom is 0.303 e. The first kappa shape index (κ1) is 15.5. The molecule has 0 aliphatic rings. The van der Waals surface area contributed by atoms with Crippen molar-refractivity contribution in [3.63, 3.8) is 0 Å². The van der Waals surface area contributed by atoms with Crippen LogP contribution in [0.2, 0.25) is 5.02 Å². The zero-order valence-electron chi connectivity index (χ0n) is 11.0. The summed E-state index contributed by atoms with van der Waals surface area (Å²) in [5.41, 5.74) is 0.843. The van der Waals surface area contributed by atoms with Crippen molar-refractivity contribution in [2.24, 2.45) is 0 Å². The number of carbonyl (C=O) groups excluding carboxylic acids is 1. The highest BCUT2D eigenvalue weighted by Crippen LogP contribution is 2.19. The van der Waals surface area contributed by atoms with Gasteiger partial charge in [-0.1, -0.05) is 23.7 Å². The first-order valence-corrected chi connectivity index (χ1v) is 6.55. The van der Waals surface area contributed by atoms with E-state index in [0.29, 0.717) is 11.4 Å². The molecule has 104 valence electrons. The van der Waals surface area contributed by atoms with Crippen LogP contribution in [0.5, 0.6) is 0 Å². The first-order chi connectivity index (χ1) is 8.90. The van der Waals surface area contributed by atoms with Crippen molar-refractivity contribution in [2.45, 2.75) is 38.6 Å². The van der Waals surface area contributed by atoms with E-state index in [4.69, 9.17) is 16.7 Å². The number of halogens is 1. The number of amides is 1. The Morgan fingerprint density at radius 1 is 1.37 bits per heavy atom. The Morgan fingerprint density at radius 3 is 2.63 bits per heavy atom. The number of carboxylic acids is 1. The summed E-state index contributed by atoms with van der Waals surface area (Å²) in [5.74, 6) is -1.30. The minimum absolute atomic E-state index is 0.0486. The Labute approximate surface area is 117 Å². The second-order valence-corrected chi connectivity index (χ2v) is 5.06. The van der Waals surface area contributed by atoms with E-state index in [0.717, 1.165) is 5.56 Å². The Balaban J connectivity index is 2.55. The number of rotatable bonds is 6. The van der Waals surface area contributed by atoms with Crippen LogP contribution in [-0.4, -0.2) is 23.0 Å². The molecular weight excluding hydrogens is 266 g/mol. The van der Waals surface area contributed by atoms with E-state index in [9.17, 15) is 9.59 Å². The van der Waals surface area contributed by atoms with Gasteiger partial charge >= 0.3 is 5.97 Å². The number of benzene rings is 1. The van der Waals surface area contributed by atoms with Gasteiger partial charge in [-0.25, -0.2) is 0 Å². The third-order valence-corrected chi connectivity index (χ3v) is 3.16. The smallest absolute Gasteiger partial charge is 0.303 e. The van der Waals surface area contributed by atoms with Gasteiger partial charge in [0.05, 0.1) is 5.92 Å². The van der Waals surface area contributed by atoms with E-state index < -0.39 is 5.97 Å². The van der Waals surface area contributed by atoms with Crippen LogP contribution in [0.3, 0.4) is 0 Å². The molecule has 19 heavy (non-hydrogen) atoms. The van der Waals surface area contributed by atoms with Crippen molar-refractivity contribution in [1.29, 1.82) is 0 Å². The zero-order valence-corrected chi connectivity index (χ0v) is 11.8. The molecule has 0 fully saturated rings. The molecule has 0 bridgehead atoms. The normalized spacial score (nSPS) is 13.6. The van der Waals surface area contributed by atoms with E-state index in [1.165, 1.54) is 0 Å². The predicted molar refractivity (Wildman–Crippen MR) is 74.3 cm³/mol. The molecule has 1 rings (SSSR count). The van der Waals surface area contributed by atoms with Gasteiger partial charge < -0.3 is 10.4 Å². The molecule has 0 spiro atoms. The molecule has 1 aromatic rings. The van der Waals surface area contributed by atoms with Crippen LogP contribution in [0.15, 0.2) is 24.3 Å². The van der Waals surface area contributed by atoms with Gasteiger partial charge in [0.1, 0.15) is 0 Å². The fourth-order valence-electron chi connectivity index (χ4n) is 1.71. The third-order valence-electron chi connectivity index (χ3n) is 2.92. The van der Waals surface area contributed by atoms with Crippen molar-refractivity contribution in [3.8, 4) is 0 Å². The average molecular weight is 284 g/mol. The summed E-state index contributed by atoms with van der Waals surface area (Å²) in [4.78, 5) is 22.5. The van der Waals surface area contributed by atoms with Crippen molar-refractivity contribution >= 4 is 23.5 Å². The lowest BCUT2D eigenvalue weighted by molar-refractivity contribution is -0.137. The quantitative estimate of drug-likeness (QED) is 0.844. The molecule has 0 radical (unpaired) electrons. The first-order valence-electron chi connectivity index (χ1n) is 6.17. The lowest BCUT2D eigenvalue weighted by atomic mass is 10.00. The maximum atomic E-state index is 12.0. The third kappa shape index (κ3) is 5.30. The number of aliphatic carboxylic acids is 1. The highest BCUT2D eigenvalue weighted by molar-refractivity contribution is 6.30. The number of carboxylic acid groups (broad SMARTS) is 1. The van der Waals surface area contributed by atoms with E-state index in [1.54, 1.807) is 32.0 Å². The van der Waals surface area contributed by atoms with Gasteiger partial charge in [-0.3, -0.25) is 9.59 Å². The van der Waals surface area contributed by atoms with Gasteiger partial charge in [-0.2, -0.15) is 0 Å². The Kier molecular flexibility index (Phi) is 5.83. The minimum Gasteiger partial charge on any atom is -0.481 e. The average Bonchev–Trinajstić information content (AvgIpc) is 2.35. The Hall–Kier alpha value is -1.55. The summed E-state index contributed by atoms with van der Waals surface area (Å²) in [6.07, 6.45) is 0.469. The van der Waals surface area contributed by atoms with Gasteiger partial charge in [-0.05, 0) is 38.0 Å². The molecule has 4 nitrogen and oxygen atoms in total. The number of nitrogens with one attached hydrogen (secondary N) is 1. The molecule has 1 amide bonds. The Bertz CT molecular complexity index is 462. The topological polar surface area (TPSA) is 66.4 Å². The highest BCUT2D eigenvalue weighted by atomic mass is 35.5. The van der Waals surface area contributed by atoms with Crippen LogP contribution < -0.4 is 5.32 Å². The highest BCUT2D eigenvalue weighted by Gasteiger charge is 2.17. The summed E-state index contributed by atoms with van der Waals surface area (Å²) in [6.45, 7) is 3.59. The van der Waals surface area contributed by atoms with Gasteiger partial charge in [0.2, 0.25) is 5.91 Å². The molecule has 2 N–H and O–H groups in total. The number of carbonyl (C=O) groups is 2. The van der Waals surface area contributed by atoms with Crippen molar-refractivity contribution in [2.75, 3.05) is 0 Å². The summed E-state index contributed by atoms with van der Waals surface area (Å²) < 4.78 is 0. The molecule has 0 aliphatic carbocycles. The number of hydrogen-bond acceptors (Lipinski definition) is 2. The van der Waals surface area contributed by atoms with Crippen LogP contribution in [0.25, 0.3) is 0 Å². The van der Waals surface area contributed by atoms with Crippen molar-refractivity contribution in [1.82, 2.24) is 5.32 Å². The van der Waals surface area contributed by atoms with E-state index >= 15 is 0 Å². The zero-order chi connectivity index (χ0) is 14.4. The van der Waals surface area contributed by atoms with E-state index in [2.05, 4.69) is 5.32 Å². The second kappa shape index (κ2) is 7.14. The molecule has 0 saturated carbocycles. The van der Waals surface area contributed by atoms with Crippen molar-refractivity contribution in [3.05, 3.63) is 34.9 Å². The summed E-state index contributed by atoms with van der Waals surface area (Å²) in [7, 11) is 0. The van der Waals surface area contributed by atoms with Gasteiger partial charge in [-0.15, -0.1) is 0 Å². The van der Waals surface area contributed by atoms with Crippen LogP contribution >= 0.6 is 11.6 Å². The van der Waals surface area contributed by atoms with E-state index in [1.807, 2.05) is 6.07 Å². The van der Waals surface area contributed by atoms with Gasteiger partial charge in [0.15, 0.2) is 0 Å². The monoisotopic (exact) mass is 283 g/mol. The molecule has 5 heteroatoms. The Morgan fingerprint density at radius 2 is 2.05 bits per heavy atom. The standard InChI is InChI=1S/C14H18ClNO3/c1-9(6-7-13(17)18)16-14(19)10(2)11-4-3-5-12(15)8-11/h3-5,8-10H,6-7H2,1-2H3,(H,16,19)(H,17,18). The van der Waals surface area contributed by atoms with Gasteiger partial charge in [0.25, 0.3) is 0 Å². The second-order valence-electron chi connectivity index (χ2n) is 4.62. The maximum absolute atomic E-state index is 12.0. The van der Waals surface area contributed by atoms with Crippen LogP contribution in [0, 0.1) is 0 Å². The number of hydrogen-bond donors (Lipinski definition) is 2. The molecule has 0 saturated heterocycles. The lowest BCUT2D eigenvalue weighted by Crippen LogP contribution is -2.35. The minimum atomic E-state index is -0.857. The largest absolute Gasteiger partial charge is 0.481 e. The molecule has 2 atom stereocenters. The fourth-order valence-corrected chi connectivity index (χ4v) is 1.91. The summed E-state index contributed by atoms with van der Waals surface area (Å²) in [5, 5.41) is 12.0. The molecule has 0 aromatic heterocycles. The SMILES string of the molecule is CC(CCC(=O)O)NC(=O)C(C)c1cccc(Cl)c1. The molecule has 0 aliphatic heterocycles. The van der Waals surface area contributed by atoms with Crippen molar-refractivity contribution < 1.29 is 14.7 Å². The van der Waals surface area contributed by atoms with Crippen LogP contribution in [0.4, 0.5) is 0 Å². The lowest BCUT2D eigenvalue weighted by Gasteiger charge is -2.17. The van der Waals surface area contributed by atoms with Gasteiger partial charge in [0, 0.05) is 17.5 Å².